The SMILES string of the molecule is O=S(=O)(Nc1cscc1S(=O)(=O)c1ccccc1)c1ccc(F)c(Cl)c1. The Balaban J connectivity index is 2.00. The number of halogens is 2. The van der Waals surface area contributed by atoms with E-state index in [0.717, 1.165) is 29.5 Å². The Hall–Kier alpha value is -1.94. The third-order valence-corrected chi connectivity index (χ3v) is 7.77. The molecular weight excluding hydrogens is 421 g/mol. The first-order valence-corrected chi connectivity index (χ1v) is 11.3. The molecule has 0 saturated heterocycles. The summed E-state index contributed by atoms with van der Waals surface area (Å²) in [6.45, 7) is 0. The van der Waals surface area contributed by atoms with Crippen LogP contribution in [0.25, 0.3) is 0 Å². The molecule has 0 saturated carbocycles. The van der Waals surface area contributed by atoms with Crippen LogP contribution in [-0.2, 0) is 19.9 Å². The molecule has 0 aliphatic rings. The molecule has 0 fully saturated rings. The Labute approximate surface area is 159 Å². The first-order valence-electron chi connectivity index (χ1n) is 7.06. The summed E-state index contributed by atoms with van der Waals surface area (Å²) in [5, 5.41) is 2.37. The molecule has 0 radical (unpaired) electrons. The Bertz CT molecular complexity index is 1160. The minimum Gasteiger partial charge on any atom is -0.277 e. The topological polar surface area (TPSA) is 80.3 Å². The molecular formula is C16H11ClFNO4S3. The molecule has 26 heavy (non-hydrogen) atoms. The Kier molecular flexibility index (Phi) is 5.07. The molecule has 3 aromatic rings. The van der Waals surface area contributed by atoms with Crippen LogP contribution in [0.15, 0.2) is 74.0 Å². The monoisotopic (exact) mass is 431 g/mol. The second-order valence-electron chi connectivity index (χ2n) is 5.15. The van der Waals surface area contributed by atoms with Gasteiger partial charge in [-0.15, -0.1) is 11.3 Å². The molecule has 3 rings (SSSR count). The Morgan fingerprint density at radius 2 is 1.62 bits per heavy atom. The number of benzene rings is 2. The molecule has 0 atom stereocenters. The van der Waals surface area contributed by atoms with Crippen LogP contribution >= 0.6 is 22.9 Å². The Morgan fingerprint density at radius 1 is 0.923 bits per heavy atom. The molecule has 0 bridgehead atoms. The fraction of sp³-hybridized carbons (Fsp3) is 0. The van der Waals surface area contributed by atoms with Gasteiger partial charge in [0, 0.05) is 10.8 Å². The molecule has 0 aliphatic carbocycles. The number of rotatable bonds is 5. The van der Waals surface area contributed by atoms with E-state index in [1.807, 2.05) is 0 Å². The molecule has 1 N–H and O–H groups in total. The van der Waals surface area contributed by atoms with E-state index in [4.69, 9.17) is 11.6 Å². The zero-order valence-electron chi connectivity index (χ0n) is 12.9. The molecule has 2 aromatic carbocycles. The average molecular weight is 432 g/mol. The third kappa shape index (κ3) is 3.61. The third-order valence-electron chi connectivity index (χ3n) is 3.42. The fourth-order valence-electron chi connectivity index (χ4n) is 2.14. The zero-order valence-corrected chi connectivity index (χ0v) is 16.1. The van der Waals surface area contributed by atoms with Gasteiger partial charge in [0.15, 0.2) is 0 Å². The first-order chi connectivity index (χ1) is 12.2. The van der Waals surface area contributed by atoms with Gasteiger partial charge in [-0.25, -0.2) is 21.2 Å². The minimum atomic E-state index is -4.15. The number of hydrogen-bond acceptors (Lipinski definition) is 5. The first kappa shape index (κ1) is 18.8. The van der Waals surface area contributed by atoms with Gasteiger partial charge >= 0.3 is 0 Å². The van der Waals surface area contributed by atoms with Crippen molar-refractivity contribution in [3.05, 3.63) is 70.1 Å². The van der Waals surface area contributed by atoms with Crippen molar-refractivity contribution < 1.29 is 21.2 Å². The quantitative estimate of drug-likeness (QED) is 0.657. The van der Waals surface area contributed by atoms with Gasteiger partial charge in [0.1, 0.15) is 10.7 Å². The van der Waals surface area contributed by atoms with E-state index in [-0.39, 0.29) is 25.4 Å². The minimum absolute atomic E-state index is 0.0451. The Morgan fingerprint density at radius 3 is 2.27 bits per heavy atom. The van der Waals surface area contributed by atoms with E-state index in [0.29, 0.717) is 0 Å². The van der Waals surface area contributed by atoms with Crippen molar-refractivity contribution in [1.82, 2.24) is 0 Å². The normalized spacial score (nSPS) is 12.1. The fourth-order valence-corrected chi connectivity index (χ4v) is 6.18. The van der Waals surface area contributed by atoms with Crippen molar-refractivity contribution in [2.24, 2.45) is 0 Å². The van der Waals surface area contributed by atoms with Gasteiger partial charge in [0.05, 0.1) is 20.5 Å². The summed E-state index contributed by atoms with van der Waals surface area (Å²) < 4.78 is 65.9. The predicted octanol–water partition coefficient (Wildman–Crippen LogP) is 4.17. The number of sulfonamides is 1. The largest absolute Gasteiger partial charge is 0.277 e. The van der Waals surface area contributed by atoms with E-state index < -0.39 is 25.7 Å². The van der Waals surface area contributed by atoms with Crippen molar-refractivity contribution in [3.8, 4) is 0 Å². The van der Waals surface area contributed by atoms with Crippen LogP contribution in [0.3, 0.4) is 0 Å². The highest BCUT2D eigenvalue weighted by Crippen LogP contribution is 2.32. The van der Waals surface area contributed by atoms with Crippen molar-refractivity contribution in [2.45, 2.75) is 14.7 Å². The van der Waals surface area contributed by atoms with E-state index in [1.54, 1.807) is 18.2 Å². The van der Waals surface area contributed by atoms with Gasteiger partial charge in [0.2, 0.25) is 9.84 Å². The van der Waals surface area contributed by atoms with Crippen molar-refractivity contribution in [3.63, 3.8) is 0 Å². The smallest absolute Gasteiger partial charge is 0.262 e. The summed E-state index contributed by atoms with van der Waals surface area (Å²) in [5.41, 5.74) is -0.0840. The molecule has 5 nitrogen and oxygen atoms in total. The molecule has 10 heteroatoms. The molecule has 1 heterocycles. The van der Waals surface area contributed by atoms with Gasteiger partial charge in [-0.1, -0.05) is 29.8 Å². The van der Waals surface area contributed by atoms with Gasteiger partial charge in [-0.2, -0.15) is 0 Å². The van der Waals surface area contributed by atoms with Crippen molar-refractivity contribution >= 4 is 48.5 Å². The number of thiophene rings is 1. The van der Waals surface area contributed by atoms with Crippen LogP contribution in [0, 0.1) is 5.82 Å². The van der Waals surface area contributed by atoms with Crippen LogP contribution in [0.4, 0.5) is 10.1 Å². The van der Waals surface area contributed by atoms with Crippen LogP contribution in [-0.4, -0.2) is 16.8 Å². The van der Waals surface area contributed by atoms with Gasteiger partial charge < -0.3 is 0 Å². The van der Waals surface area contributed by atoms with E-state index in [1.165, 1.54) is 22.9 Å². The molecule has 1 aromatic heterocycles. The lowest BCUT2D eigenvalue weighted by molar-refractivity contribution is 0.597. The zero-order chi connectivity index (χ0) is 18.9. The number of hydrogen-bond donors (Lipinski definition) is 1. The summed E-state index contributed by atoms with van der Waals surface area (Å²) in [4.78, 5) is -0.396. The summed E-state index contributed by atoms with van der Waals surface area (Å²) in [7, 11) is -8.04. The van der Waals surface area contributed by atoms with Crippen molar-refractivity contribution in [1.29, 1.82) is 0 Å². The summed E-state index contributed by atoms with van der Waals surface area (Å²) in [6, 6.07) is 10.6. The highest BCUT2D eigenvalue weighted by atomic mass is 35.5. The average Bonchev–Trinajstić information content (AvgIpc) is 3.06. The predicted molar refractivity (Wildman–Crippen MR) is 98.4 cm³/mol. The van der Waals surface area contributed by atoms with Crippen LogP contribution in [0.2, 0.25) is 5.02 Å². The standard InChI is InChI=1S/C16H11ClFNO4S3/c17-13-8-12(6-7-14(13)18)26(22,23)19-15-9-24-10-16(15)25(20,21)11-4-2-1-3-5-11/h1-10,19H. The maximum absolute atomic E-state index is 13.2. The summed E-state index contributed by atoms with van der Waals surface area (Å²) >= 11 is 6.66. The van der Waals surface area contributed by atoms with E-state index >= 15 is 0 Å². The second kappa shape index (κ2) is 6.99. The lowest BCUT2D eigenvalue weighted by atomic mass is 10.3. The van der Waals surface area contributed by atoms with E-state index in [9.17, 15) is 21.2 Å². The van der Waals surface area contributed by atoms with Crippen molar-refractivity contribution in [2.75, 3.05) is 4.72 Å². The lowest BCUT2D eigenvalue weighted by Gasteiger charge is -2.10. The summed E-state index contributed by atoms with van der Waals surface area (Å²) in [5.74, 6) is -0.756. The van der Waals surface area contributed by atoms with Gasteiger partial charge in [0.25, 0.3) is 10.0 Å². The number of anilines is 1. The molecule has 0 amide bonds. The maximum atomic E-state index is 13.2. The van der Waals surface area contributed by atoms with Gasteiger partial charge in [-0.05, 0) is 30.3 Å². The highest BCUT2D eigenvalue weighted by Gasteiger charge is 2.25. The molecule has 0 aliphatic heterocycles. The molecule has 0 unspecified atom stereocenters. The van der Waals surface area contributed by atoms with E-state index in [2.05, 4.69) is 4.72 Å². The summed E-state index contributed by atoms with van der Waals surface area (Å²) in [6.07, 6.45) is 0. The van der Waals surface area contributed by atoms with Crippen LogP contribution < -0.4 is 4.72 Å². The molecule has 0 spiro atoms. The number of nitrogens with one attached hydrogen (secondary N) is 1. The van der Waals surface area contributed by atoms with Crippen LogP contribution in [0.5, 0.6) is 0 Å². The number of sulfone groups is 1. The van der Waals surface area contributed by atoms with Crippen LogP contribution in [0.1, 0.15) is 0 Å². The molecule has 136 valence electrons. The lowest BCUT2D eigenvalue weighted by Crippen LogP contribution is -2.15. The highest BCUT2D eigenvalue weighted by molar-refractivity contribution is 7.93. The van der Waals surface area contributed by atoms with Gasteiger partial charge in [-0.3, -0.25) is 4.72 Å². The maximum Gasteiger partial charge on any atom is 0.262 e. The second-order valence-corrected chi connectivity index (χ2v) is 9.90.